The molecule has 3 rings (SSSR count). The Bertz CT molecular complexity index is 668. The molecule has 21 heavy (non-hydrogen) atoms. The van der Waals surface area contributed by atoms with E-state index in [2.05, 4.69) is 17.2 Å². The Kier molecular flexibility index (Phi) is 3.84. The summed E-state index contributed by atoms with van der Waals surface area (Å²) in [5, 5.41) is 15.1. The van der Waals surface area contributed by atoms with Gasteiger partial charge in [-0.05, 0) is 37.4 Å². The molecule has 0 spiro atoms. The fraction of sp³-hybridized carbons (Fsp3) is 0.438. The van der Waals surface area contributed by atoms with Crippen LogP contribution >= 0.6 is 0 Å². The first kappa shape index (κ1) is 13.9. The molecule has 110 valence electrons. The molecular weight excluding hydrogens is 266 g/mol. The van der Waals surface area contributed by atoms with Crippen molar-refractivity contribution in [1.29, 1.82) is 0 Å². The average molecular weight is 285 g/mol. The van der Waals surface area contributed by atoms with Crippen molar-refractivity contribution < 1.29 is 4.92 Å². The van der Waals surface area contributed by atoms with Crippen LogP contribution < -0.4 is 5.32 Å². The number of rotatable bonds is 6. The summed E-state index contributed by atoms with van der Waals surface area (Å²) in [5.74, 6) is 0.777. The second kappa shape index (κ2) is 5.77. The van der Waals surface area contributed by atoms with Crippen LogP contribution in [0.5, 0.6) is 0 Å². The molecule has 5 heteroatoms. The summed E-state index contributed by atoms with van der Waals surface area (Å²) in [6.45, 7) is 3.10. The number of aromatic nitrogens is 1. The third-order valence-corrected chi connectivity index (χ3v) is 4.03. The van der Waals surface area contributed by atoms with Gasteiger partial charge in [-0.25, -0.2) is 0 Å². The molecule has 2 aromatic rings. The Morgan fingerprint density at radius 3 is 2.86 bits per heavy atom. The van der Waals surface area contributed by atoms with Crippen molar-refractivity contribution in [2.75, 3.05) is 6.54 Å². The third kappa shape index (κ3) is 3.19. The zero-order valence-electron chi connectivity index (χ0n) is 12.1. The van der Waals surface area contributed by atoms with E-state index in [1.54, 1.807) is 12.1 Å². The highest BCUT2D eigenvalue weighted by Gasteiger charge is 2.30. The minimum atomic E-state index is -0.373. The van der Waals surface area contributed by atoms with Gasteiger partial charge in [0.1, 0.15) is 0 Å². The maximum atomic E-state index is 10.8. The Labute approximate surface area is 123 Å². The van der Waals surface area contributed by atoms with Crippen LogP contribution in [0.3, 0.4) is 0 Å². The Balaban J connectivity index is 1.83. The van der Waals surface area contributed by atoms with Crippen LogP contribution in [0.4, 0.5) is 5.69 Å². The molecule has 1 aromatic heterocycles. The van der Waals surface area contributed by atoms with Crippen LogP contribution in [0.15, 0.2) is 30.3 Å². The molecule has 1 saturated carbocycles. The normalized spacial score (nSPS) is 16.0. The van der Waals surface area contributed by atoms with Gasteiger partial charge in [0.15, 0.2) is 0 Å². The second-order valence-electron chi connectivity index (χ2n) is 5.64. The number of non-ortho nitro benzene ring substituents is 1. The van der Waals surface area contributed by atoms with Crippen molar-refractivity contribution in [3.8, 4) is 0 Å². The van der Waals surface area contributed by atoms with Crippen LogP contribution in [-0.4, -0.2) is 22.5 Å². The van der Waals surface area contributed by atoms with E-state index < -0.39 is 0 Å². The van der Waals surface area contributed by atoms with Crippen molar-refractivity contribution in [2.45, 2.75) is 32.2 Å². The van der Waals surface area contributed by atoms with Gasteiger partial charge >= 0.3 is 0 Å². The molecule has 5 nitrogen and oxygen atoms in total. The molecule has 0 amide bonds. The molecule has 0 radical (unpaired) electrons. The molecule has 1 aliphatic rings. The molecule has 0 bridgehead atoms. The fourth-order valence-electron chi connectivity index (χ4n) is 2.77. The van der Waals surface area contributed by atoms with E-state index in [-0.39, 0.29) is 10.6 Å². The van der Waals surface area contributed by atoms with Crippen molar-refractivity contribution in [1.82, 2.24) is 10.3 Å². The summed E-state index contributed by atoms with van der Waals surface area (Å²) in [6.07, 6.45) is 3.53. The fourth-order valence-corrected chi connectivity index (χ4v) is 2.77. The first-order valence-corrected chi connectivity index (χ1v) is 7.45. The molecule has 1 heterocycles. The Morgan fingerprint density at radius 2 is 2.19 bits per heavy atom. The average Bonchev–Trinajstić information content (AvgIpc) is 3.30. The van der Waals surface area contributed by atoms with Crippen molar-refractivity contribution in [3.63, 3.8) is 0 Å². The molecule has 0 aliphatic heterocycles. The Morgan fingerprint density at radius 1 is 1.38 bits per heavy atom. The van der Waals surface area contributed by atoms with Gasteiger partial charge in [0.25, 0.3) is 5.69 Å². The van der Waals surface area contributed by atoms with Crippen LogP contribution in [0.25, 0.3) is 10.9 Å². The van der Waals surface area contributed by atoms with Crippen LogP contribution in [0.2, 0.25) is 0 Å². The lowest BCUT2D eigenvalue weighted by atomic mass is 10.0. The van der Waals surface area contributed by atoms with Gasteiger partial charge in [0, 0.05) is 35.7 Å². The third-order valence-electron chi connectivity index (χ3n) is 4.03. The zero-order valence-corrected chi connectivity index (χ0v) is 12.1. The summed E-state index contributed by atoms with van der Waals surface area (Å²) in [6, 6.07) is 9.24. The van der Waals surface area contributed by atoms with Crippen molar-refractivity contribution >= 4 is 16.6 Å². The molecule has 1 atom stereocenters. The smallest absolute Gasteiger partial charge is 0.270 e. The second-order valence-corrected chi connectivity index (χ2v) is 5.64. The van der Waals surface area contributed by atoms with E-state index >= 15 is 0 Å². The number of nitrogens with one attached hydrogen (secondary N) is 1. The zero-order chi connectivity index (χ0) is 14.8. The van der Waals surface area contributed by atoms with Crippen LogP contribution in [0, 0.1) is 16.0 Å². The number of nitro benzene ring substituents is 1. The molecule has 1 unspecified atom stereocenters. The molecule has 1 N–H and O–H groups in total. The summed E-state index contributed by atoms with van der Waals surface area (Å²) in [7, 11) is 0. The maximum absolute atomic E-state index is 10.8. The summed E-state index contributed by atoms with van der Waals surface area (Å²) < 4.78 is 0. The molecule has 0 saturated heterocycles. The summed E-state index contributed by atoms with van der Waals surface area (Å²) in [4.78, 5) is 15.1. The quantitative estimate of drug-likeness (QED) is 0.654. The first-order valence-electron chi connectivity index (χ1n) is 7.45. The number of hydrogen-bond acceptors (Lipinski definition) is 4. The predicted molar refractivity (Wildman–Crippen MR) is 82.3 cm³/mol. The minimum absolute atomic E-state index is 0.112. The summed E-state index contributed by atoms with van der Waals surface area (Å²) in [5.41, 5.74) is 1.99. The highest BCUT2D eigenvalue weighted by atomic mass is 16.6. The largest absolute Gasteiger partial charge is 0.314 e. The van der Waals surface area contributed by atoms with Gasteiger partial charge < -0.3 is 5.32 Å². The molecule has 1 aliphatic carbocycles. The number of fused-ring (bicyclic) bond motifs is 1. The summed E-state index contributed by atoms with van der Waals surface area (Å²) >= 11 is 0. The number of pyridine rings is 1. The van der Waals surface area contributed by atoms with Crippen molar-refractivity contribution in [3.05, 3.63) is 46.1 Å². The van der Waals surface area contributed by atoms with E-state index in [4.69, 9.17) is 0 Å². The lowest BCUT2D eigenvalue weighted by molar-refractivity contribution is -0.384. The Hall–Kier alpha value is -2.01. The van der Waals surface area contributed by atoms with Crippen LogP contribution in [0.1, 0.15) is 25.5 Å². The van der Waals surface area contributed by atoms with E-state index in [0.29, 0.717) is 6.04 Å². The highest BCUT2D eigenvalue weighted by molar-refractivity contribution is 5.81. The number of hydrogen-bond donors (Lipinski definition) is 1. The predicted octanol–water partition coefficient (Wildman–Crippen LogP) is 3.07. The van der Waals surface area contributed by atoms with Gasteiger partial charge in [-0.15, -0.1) is 0 Å². The standard InChI is InChI=1S/C16H19N3O2/c1-2-17-16(11-3-4-11)10-13-6-5-12-9-14(19(20)21)7-8-15(12)18-13/h5-9,11,16-17H,2-4,10H2,1H3. The SMILES string of the molecule is CCNC(Cc1ccc2cc([N+](=O)[O-])ccc2n1)C1CC1. The van der Waals surface area contributed by atoms with Gasteiger partial charge in [0.05, 0.1) is 10.4 Å². The first-order chi connectivity index (χ1) is 10.2. The minimum Gasteiger partial charge on any atom is -0.314 e. The molecule has 1 aromatic carbocycles. The van der Waals surface area contributed by atoms with E-state index in [1.807, 2.05) is 12.1 Å². The number of nitro groups is 1. The lowest BCUT2D eigenvalue weighted by Gasteiger charge is -2.16. The van der Waals surface area contributed by atoms with E-state index in [9.17, 15) is 10.1 Å². The van der Waals surface area contributed by atoms with Gasteiger partial charge in [0.2, 0.25) is 0 Å². The topological polar surface area (TPSA) is 68.1 Å². The molecular formula is C16H19N3O2. The van der Waals surface area contributed by atoms with E-state index in [1.165, 1.54) is 18.9 Å². The van der Waals surface area contributed by atoms with Crippen LogP contribution in [-0.2, 0) is 6.42 Å². The van der Waals surface area contributed by atoms with Gasteiger partial charge in [-0.3, -0.25) is 15.1 Å². The lowest BCUT2D eigenvalue weighted by Crippen LogP contribution is -2.33. The van der Waals surface area contributed by atoms with Gasteiger partial charge in [-0.1, -0.05) is 13.0 Å². The number of benzene rings is 1. The van der Waals surface area contributed by atoms with E-state index in [0.717, 1.165) is 35.5 Å². The van der Waals surface area contributed by atoms with Gasteiger partial charge in [-0.2, -0.15) is 0 Å². The monoisotopic (exact) mass is 285 g/mol. The maximum Gasteiger partial charge on any atom is 0.270 e. The highest BCUT2D eigenvalue weighted by Crippen LogP contribution is 2.34. The number of nitrogens with zero attached hydrogens (tertiary/aromatic N) is 2. The number of likely N-dealkylation sites (N-methyl/N-ethyl adjacent to an activating group) is 1. The molecule has 1 fully saturated rings. The van der Waals surface area contributed by atoms with Crippen molar-refractivity contribution in [2.24, 2.45) is 5.92 Å².